The van der Waals surface area contributed by atoms with Crippen LogP contribution in [0.1, 0.15) is 39.3 Å². The number of hydrogen-bond acceptors (Lipinski definition) is 5. The van der Waals surface area contributed by atoms with Crippen LogP contribution in [0.3, 0.4) is 0 Å². The van der Waals surface area contributed by atoms with Crippen molar-refractivity contribution in [1.82, 2.24) is 4.98 Å². The molecule has 2 aromatic rings. The number of amides is 1. The second-order valence-electron chi connectivity index (χ2n) is 7.19. The number of nitrogens with one attached hydrogen (secondary N) is 1. The molecule has 0 atom stereocenters. The Kier molecular flexibility index (Phi) is 4.46. The van der Waals surface area contributed by atoms with Crippen LogP contribution < -0.4 is 5.32 Å². The van der Waals surface area contributed by atoms with Gasteiger partial charge in [0.15, 0.2) is 19.7 Å². The van der Waals surface area contributed by atoms with Gasteiger partial charge >= 0.3 is 0 Å². The molecule has 0 spiro atoms. The molecule has 1 saturated carbocycles. The number of sulfone groups is 1. The molecular formula is C17H19ClN2O3S2. The summed E-state index contributed by atoms with van der Waals surface area (Å²) in [5, 5.41) is 5.44. The molecule has 25 heavy (non-hydrogen) atoms. The number of halogens is 1. The summed E-state index contributed by atoms with van der Waals surface area (Å²) in [6.07, 6.45) is 0.614. The third kappa shape index (κ3) is 3.32. The highest BCUT2D eigenvalue weighted by Gasteiger charge is 2.61. The number of carbonyl (C=O) groups excluding carboxylic acids is 1. The second-order valence-corrected chi connectivity index (χ2v) is 10.7. The average molecular weight is 399 g/mol. The topological polar surface area (TPSA) is 76.1 Å². The summed E-state index contributed by atoms with van der Waals surface area (Å²) < 4.78 is 24.4. The van der Waals surface area contributed by atoms with Crippen LogP contribution in [0.2, 0.25) is 5.02 Å². The molecule has 0 bridgehead atoms. The molecule has 1 aromatic heterocycles. The molecule has 1 N–H and O–H groups in total. The molecule has 0 saturated heterocycles. The van der Waals surface area contributed by atoms with E-state index in [2.05, 4.69) is 10.3 Å². The quantitative estimate of drug-likeness (QED) is 0.843. The lowest BCUT2D eigenvalue weighted by atomic mass is 9.93. The highest BCUT2D eigenvalue weighted by atomic mass is 35.5. The SMILES string of the molecule is CC(C)(C)c1csc(NC(=O)C2(S(=O)(=O)c3ccc(Cl)cc3)CC2)n1. The largest absolute Gasteiger partial charge is 0.301 e. The van der Waals surface area contributed by atoms with Gasteiger partial charge in [0, 0.05) is 15.8 Å². The predicted octanol–water partition coefficient (Wildman–Crippen LogP) is 4.04. The maximum Gasteiger partial charge on any atom is 0.248 e. The molecule has 3 rings (SSSR count). The van der Waals surface area contributed by atoms with E-state index in [4.69, 9.17) is 11.6 Å². The molecule has 0 unspecified atom stereocenters. The molecule has 1 aromatic carbocycles. The molecule has 5 nitrogen and oxygen atoms in total. The number of carbonyl (C=O) groups is 1. The van der Waals surface area contributed by atoms with Crippen LogP contribution >= 0.6 is 22.9 Å². The van der Waals surface area contributed by atoms with Gasteiger partial charge in [-0.05, 0) is 37.1 Å². The number of hydrogen-bond donors (Lipinski definition) is 1. The van der Waals surface area contributed by atoms with Crippen LogP contribution in [0, 0.1) is 0 Å². The second kappa shape index (κ2) is 6.07. The molecule has 8 heteroatoms. The van der Waals surface area contributed by atoms with E-state index in [1.807, 2.05) is 26.2 Å². The maximum absolute atomic E-state index is 12.9. The summed E-state index contributed by atoms with van der Waals surface area (Å²) >= 11 is 7.12. The van der Waals surface area contributed by atoms with Crippen LogP contribution in [0.5, 0.6) is 0 Å². The van der Waals surface area contributed by atoms with Crippen molar-refractivity contribution in [2.45, 2.75) is 48.7 Å². The fourth-order valence-electron chi connectivity index (χ4n) is 2.46. The predicted molar refractivity (Wildman–Crippen MR) is 100 cm³/mol. The van der Waals surface area contributed by atoms with Crippen molar-refractivity contribution < 1.29 is 13.2 Å². The van der Waals surface area contributed by atoms with Crippen molar-refractivity contribution in [3.8, 4) is 0 Å². The minimum Gasteiger partial charge on any atom is -0.301 e. The summed E-state index contributed by atoms with van der Waals surface area (Å²) in [5.74, 6) is -0.516. The van der Waals surface area contributed by atoms with E-state index < -0.39 is 20.5 Å². The Morgan fingerprint density at radius 3 is 2.32 bits per heavy atom. The summed E-state index contributed by atoms with van der Waals surface area (Å²) in [7, 11) is -3.78. The van der Waals surface area contributed by atoms with Gasteiger partial charge in [-0.15, -0.1) is 11.3 Å². The van der Waals surface area contributed by atoms with Gasteiger partial charge in [-0.25, -0.2) is 13.4 Å². The minimum atomic E-state index is -3.78. The first-order valence-corrected chi connectivity index (χ1v) is 10.6. The van der Waals surface area contributed by atoms with E-state index in [-0.39, 0.29) is 10.3 Å². The van der Waals surface area contributed by atoms with E-state index in [1.54, 1.807) is 0 Å². The van der Waals surface area contributed by atoms with Crippen LogP contribution in [-0.2, 0) is 20.0 Å². The first kappa shape index (κ1) is 18.4. The van der Waals surface area contributed by atoms with Crippen molar-refractivity contribution in [2.75, 3.05) is 5.32 Å². The zero-order valence-electron chi connectivity index (χ0n) is 14.2. The van der Waals surface area contributed by atoms with Gasteiger partial charge in [-0.2, -0.15) is 0 Å². The third-order valence-corrected chi connectivity index (χ3v) is 7.77. The van der Waals surface area contributed by atoms with Gasteiger partial charge in [0.25, 0.3) is 0 Å². The van der Waals surface area contributed by atoms with Gasteiger partial charge < -0.3 is 5.32 Å². The Morgan fingerprint density at radius 1 is 1.24 bits per heavy atom. The summed E-state index contributed by atoms with van der Waals surface area (Å²) in [6.45, 7) is 6.09. The van der Waals surface area contributed by atoms with E-state index in [1.165, 1.54) is 35.6 Å². The number of aromatic nitrogens is 1. The maximum atomic E-state index is 12.9. The summed E-state index contributed by atoms with van der Waals surface area (Å²) in [6, 6.07) is 5.90. The zero-order valence-corrected chi connectivity index (χ0v) is 16.6. The monoisotopic (exact) mass is 398 g/mol. The highest BCUT2D eigenvalue weighted by molar-refractivity contribution is 7.94. The fourth-order valence-corrected chi connectivity index (χ4v) is 5.40. The Bertz CT molecular complexity index is 908. The molecule has 1 aliphatic carbocycles. The fraction of sp³-hybridized carbons (Fsp3) is 0.412. The zero-order chi connectivity index (χ0) is 18.5. The standard InChI is InChI=1S/C17H19ClN2O3S2/c1-16(2,3)13-10-24-15(19-13)20-14(21)17(8-9-17)25(22,23)12-6-4-11(18)5-7-12/h4-7,10H,8-9H2,1-3H3,(H,19,20,21). The first-order valence-electron chi connectivity index (χ1n) is 7.84. The van der Waals surface area contributed by atoms with Gasteiger partial charge in [0.1, 0.15) is 0 Å². The molecule has 1 amide bonds. The number of rotatable bonds is 4. The lowest BCUT2D eigenvalue weighted by Crippen LogP contribution is -2.37. The molecule has 0 aliphatic heterocycles. The molecular weight excluding hydrogens is 380 g/mol. The first-order chi connectivity index (χ1) is 11.6. The van der Waals surface area contributed by atoms with Gasteiger partial charge in [-0.3, -0.25) is 4.79 Å². The van der Waals surface area contributed by atoms with Crippen molar-refractivity contribution in [2.24, 2.45) is 0 Å². The molecule has 1 fully saturated rings. The number of anilines is 1. The summed E-state index contributed by atoms with van der Waals surface area (Å²) in [5.41, 5.74) is 0.727. The van der Waals surface area contributed by atoms with Crippen LogP contribution in [0.25, 0.3) is 0 Å². The van der Waals surface area contributed by atoms with Crippen molar-refractivity contribution in [1.29, 1.82) is 0 Å². The van der Waals surface area contributed by atoms with Crippen LogP contribution in [0.4, 0.5) is 5.13 Å². The Balaban J connectivity index is 1.84. The van der Waals surface area contributed by atoms with E-state index in [0.29, 0.717) is 23.0 Å². The highest BCUT2D eigenvalue weighted by Crippen LogP contribution is 2.47. The summed E-state index contributed by atoms with van der Waals surface area (Å²) in [4.78, 5) is 17.2. The number of thiazole rings is 1. The Morgan fingerprint density at radius 2 is 1.84 bits per heavy atom. The molecule has 134 valence electrons. The van der Waals surface area contributed by atoms with E-state index in [9.17, 15) is 13.2 Å². The molecule has 0 radical (unpaired) electrons. The van der Waals surface area contributed by atoms with Gasteiger partial charge in [-0.1, -0.05) is 32.4 Å². The van der Waals surface area contributed by atoms with Crippen molar-refractivity contribution >= 4 is 43.8 Å². The Hall–Kier alpha value is -1.44. The van der Waals surface area contributed by atoms with Gasteiger partial charge in [0.2, 0.25) is 5.91 Å². The Labute approximate surface area is 156 Å². The minimum absolute atomic E-state index is 0.110. The molecule has 1 heterocycles. The number of nitrogens with zero attached hydrogens (tertiary/aromatic N) is 1. The van der Waals surface area contributed by atoms with E-state index >= 15 is 0 Å². The average Bonchev–Trinajstić information content (AvgIpc) is 3.21. The van der Waals surface area contributed by atoms with Crippen molar-refractivity contribution in [3.05, 3.63) is 40.4 Å². The lowest BCUT2D eigenvalue weighted by molar-refractivity contribution is -0.116. The lowest BCUT2D eigenvalue weighted by Gasteiger charge is -2.16. The van der Waals surface area contributed by atoms with Crippen LogP contribution in [-0.4, -0.2) is 24.1 Å². The molecule has 1 aliphatic rings. The normalized spacial score (nSPS) is 16.5. The third-order valence-electron chi connectivity index (χ3n) is 4.25. The van der Waals surface area contributed by atoms with Crippen molar-refractivity contribution in [3.63, 3.8) is 0 Å². The van der Waals surface area contributed by atoms with Crippen LogP contribution in [0.15, 0.2) is 34.5 Å². The van der Waals surface area contributed by atoms with Gasteiger partial charge in [0.05, 0.1) is 10.6 Å². The number of benzene rings is 1. The smallest absolute Gasteiger partial charge is 0.248 e. The van der Waals surface area contributed by atoms with E-state index in [0.717, 1.165) is 5.69 Å².